The molecule has 0 aromatic heterocycles. The van der Waals surface area contributed by atoms with Gasteiger partial charge in [-0.1, -0.05) is 53.4 Å². The Labute approximate surface area is 172 Å². The van der Waals surface area contributed by atoms with Crippen molar-refractivity contribution < 1.29 is 14.0 Å². The molecule has 2 unspecified atom stereocenters. The SMILES string of the molecule is CCCCCc1cc2c(c(C(C)(C)C)c1O[SiH](C)C)C1CCCCC1C(=O)O2. The molecular weight excluding hydrogens is 364 g/mol. The minimum Gasteiger partial charge on any atom is -0.547 e. The first-order chi connectivity index (χ1) is 13.2. The molecule has 1 fully saturated rings. The second-order valence-electron chi connectivity index (χ2n) is 9.94. The maximum Gasteiger partial charge on any atom is 0.314 e. The van der Waals surface area contributed by atoms with Crippen molar-refractivity contribution in [2.45, 2.75) is 103 Å². The predicted octanol–water partition coefficient (Wildman–Crippen LogP) is 6.27. The summed E-state index contributed by atoms with van der Waals surface area (Å²) in [6.07, 6.45) is 8.93. The maximum absolute atomic E-state index is 12.7. The van der Waals surface area contributed by atoms with Crippen molar-refractivity contribution >= 4 is 15.0 Å². The number of carbonyl (C=O) groups excluding carboxylic acids is 1. The zero-order valence-electron chi connectivity index (χ0n) is 18.7. The standard InChI is InChI=1S/C24H38O3Si/c1-7-8-9-12-16-15-19-20(17-13-10-11-14-18(17)23(25)26-19)21(24(2,3)4)22(16)27-28(5)6/h15,17-18,28H,7-14H2,1-6H3. The van der Waals surface area contributed by atoms with Gasteiger partial charge in [-0.2, -0.15) is 0 Å². The molecule has 0 amide bonds. The Balaban J connectivity index is 2.20. The van der Waals surface area contributed by atoms with Gasteiger partial charge in [-0.25, -0.2) is 0 Å². The molecule has 1 aliphatic carbocycles. The minimum atomic E-state index is -1.26. The molecule has 2 aliphatic rings. The molecular formula is C24H38O3Si. The second-order valence-corrected chi connectivity index (χ2v) is 12.3. The van der Waals surface area contributed by atoms with Crippen LogP contribution in [-0.4, -0.2) is 15.0 Å². The van der Waals surface area contributed by atoms with E-state index in [0.29, 0.717) is 5.92 Å². The summed E-state index contributed by atoms with van der Waals surface area (Å²) in [6.45, 7) is 13.6. The number of fused-ring (bicyclic) bond motifs is 3. The topological polar surface area (TPSA) is 35.5 Å². The first-order valence-corrected chi connectivity index (χ1v) is 14.1. The zero-order valence-corrected chi connectivity index (χ0v) is 19.8. The molecule has 3 nitrogen and oxygen atoms in total. The van der Waals surface area contributed by atoms with Gasteiger partial charge < -0.3 is 9.16 Å². The van der Waals surface area contributed by atoms with E-state index >= 15 is 0 Å². The fraction of sp³-hybridized carbons (Fsp3) is 0.708. The van der Waals surface area contributed by atoms with Gasteiger partial charge in [0, 0.05) is 17.0 Å². The predicted molar refractivity (Wildman–Crippen MR) is 118 cm³/mol. The Bertz CT molecular complexity index is 718. The smallest absolute Gasteiger partial charge is 0.314 e. The van der Waals surface area contributed by atoms with E-state index in [2.05, 4.69) is 46.9 Å². The van der Waals surface area contributed by atoms with Gasteiger partial charge in [0.05, 0.1) is 5.92 Å². The van der Waals surface area contributed by atoms with Gasteiger partial charge in [0.2, 0.25) is 9.04 Å². The van der Waals surface area contributed by atoms with Gasteiger partial charge in [0.15, 0.2) is 0 Å². The molecule has 1 saturated carbocycles. The zero-order chi connectivity index (χ0) is 20.5. The molecule has 0 bridgehead atoms. The van der Waals surface area contributed by atoms with Gasteiger partial charge in [0.1, 0.15) is 11.5 Å². The van der Waals surface area contributed by atoms with Crippen molar-refractivity contribution in [3.63, 3.8) is 0 Å². The lowest BCUT2D eigenvalue weighted by atomic mass is 9.68. The molecule has 0 N–H and O–H groups in total. The number of rotatable bonds is 6. The maximum atomic E-state index is 12.7. The van der Waals surface area contributed by atoms with Crippen LogP contribution in [0.15, 0.2) is 6.07 Å². The fourth-order valence-corrected chi connectivity index (χ4v) is 5.71. The number of ether oxygens (including phenoxy) is 1. The van der Waals surface area contributed by atoms with Gasteiger partial charge in [-0.3, -0.25) is 4.79 Å². The molecule has 2 atom stereocenters. The quantitative estimate of drug-likeness (QED) is 0.243. The molecule has 0 saturated heterocycles. The third-order valence-corrected chi connectivity index (χ3v) is 6.87. The Kier molecular flexibility index (Phi) is 6.58. The Morgan fingerprint density at radius 3 is 2.43 bits per heavy atom. The van der Waals surface area contributed by atoms with Crippen LogP contribution in [0.4, 0.5) is 0 Å². The summed E-state index contributed by atoms with van der Waals surface area (Å²) in [4.78, 5) is 12.7. The van der Waals surface area contributed by atoms with Crippen LogP contribution < -0.4 is 9.16 Å². The van der Waals surface area contributed by atoms with Crippen molar-refractivity contribution in [3.8, 4) is 11.5 Å². The number of aryl methyl sites for hydroxylation is 1. The average molecular weight is 403 g/mol. The van der Waals surface area contributed by atoms with E-state index in [0.717, 1.165) is 43.6 Å². The number of benzene rings is 1. The van der Waals surface area contributed by atoms with Crippen molar-refractivity contribution in [2.75, 3.05) is 0 Å². The summed E-state index contributed by atoms with van der Waals surface area (Å²) < 4.78 is 12.6. The highest BCUT2D eigenvalue weighted by Gasteiger charge is 2.43. The van der Waals surface area contributed by atoms with Crippen molar-refractivity contribution in [3.05, 3.63) is 22.8 Å². The summed E-state index contributed by atoms with van der Waals surface area (Å²) in [5, 5.41) is 0. The minimum absolute atomic E-state index is 0.0107. The lowest BCUT2D eigenvalue weighted by Gasteiger charge is -2.40. The molecule has 0 spiro atoms. The van der Waals surface area contributed by atoms with E-state index in [4.69, 9.17) is 9.16 Å². The molecule has 0 radical (unpaired) electrons. The largest absolute Gasteiger partial charge is 0.547 e. The van der Waals surface area contributed by atoms with Gasteiger partial charge in [-0.05, 0) is 55.8 Å². The molecule has 156 valence electrons. The van der Waals surface area contributed by atoms with Crippen LogP contribution in [0.3, 0.4) is 0 Å². The molecule has 1 aliphatic heterocycles. The highest BCUT2D eigenvalue weighted by molar-refractivity contribution is 6.49. The van der Waals surface area contributed by atoms with Crippen LogP contribution in [0.25, 0.3) is 0 Å². The Morgan fingerprint density at radius 1 is 1.14 bits per heavy atom. The highest BCUT2D eigenvalue weighted by Crippen LogP contribution is 2.53. The van der Waals surface area contributed by atoms with Crippen LogP contribution in [0.1, 0.15) is 95.2 Å². The molecule has 4 heteroatoms. The first-order valence-electron chi connectivity index (χ1n) is 11.3. The first kappa shape index (κ1) is 21.4. The van der Waals surface area contributed by atoms with Crippen LogP contribution in [0.5, 0.6) is 11.5 Å². The van der Waals surface area contributed by atoms with E-state index in [9.17, 15) is 4.79 Å². The van der Waals surface area contributed by atoms with Crippen LogP contribution in [0.2, 0.25) is 13.1 Å². The van der Waals surface area contributed by atoms with E-state index < -0.39 is 9.04 Å². The highest BCUT2D eigenvalue weighted by atomic mass is 28.3. The van der Waals surface area contributed by atoms with E-state index in [-0.39, 0.29) is 17.3 Å². The third kappa shape index (κ3) is 4.32. The number of hydrogen-bond acceptors (Lipinski definition) is 3. The monoisotopic (exact) mass is 402 g/mol. The second kappa shape index (κ2) is 8.60. The summed E-state index contributed by atoms with van der Waals surface area (Å²) in [5.74, 6) is 2.25. The molecule has 28 heavy (non-hydrogen) atoms. The average Bonchev–Trinajstić information content (AvgIpc) is 2.61. The molecule has 1 aromatic rings. The molecule has 1 heterocycles. The third-order valence-electron chi connectivity index (χ3n) is 6.16. The lowest BCUT2D eigenvalue weighted by Crippen LogP contribution is -2.36. The van der Waals surface area contributed by atoms with E-state index in [1.165, 1.54) is 36.0 Å². The van der Waals surface area contributed by atoms with Crippen molar-refractivity contribution in [1.29, 1.82) is 0 Å². The van der Waals surface area contributed by atoms with Gasteiger partial charge in [0.25, 0.3) is 0 Å². The van der Waals surface area contributed by atoms with Crippen molar-refractivity contribution in [1.82, 2.24) is 0 Å². The van der Waals surface area contributed by atoms with E-state index in [1.807, 2.05) is 0 Å². The van der Waals surface area contributed by atoms with Crippen molar-refractivity contribution in [2.24, 2.45) is 5.92 Å². The van der Waals surface area contributed by atoms with Gasteiger partial charge in [-0.15, -0.1) is 0 Å². The summed E-state index contributed by atoms with van der Waals surface area (Å²) >= 11 is 0. The fourth-order valence-electron chi connectivity index (χ4n) is 4.97. The summed E-state index contributed by atoms with van der Waals surface area (Å²) in [7, 11) is -1.26. The van der Waals surface area contributed by atoms with Crippen LogP contribution >= 0.6 is 0 Å². The summed E-state index contributed by atoms with van der Waals surface area (Å²) in [5.41, 5.74) is 3.78. The summed E-state index contributed by atoms with van der Waals surface area (Å²) in [6, 6.07) is 2.15. The molecule has 3 rings (SSSR count). The number of unbranched alkanes of at least 4 members (excludes halogenated alkanes) is 2. The lowest BCUT2D eigenvalue weighted by molar-refractivity contribution is -0.142. The number of hydrogen-bond donors (Lipinski definition) is 0. The Morgan fingerprint density at radius 2 is 1.82 bits per heavy atom. The number of esters is 1. The normalized spacial score (nSPS) is 21.9. The van der Waals surface area contributed by atoms with E-state index in [1.54, 1.807) is 0 Å². The van der Waals surface area contributed by atoms with Crippen LogP contribution in [-0.2, 0) is 16.6 Å². The molecule has 1 aromatic carbocycles. The van der Waals surface area contributed by atoms with Gasteiger partial charge >= 0.3 is 5.97 Å². The number of carbonyl (C=O) groups is 1. The Hall–Kier alpha value is -1.29. The van der Waals surface area contributed by atoms with Crippen LogP contribution in [0, 0.1) is 5.92 Å².